The Bertz CT molecular complexity index is 948. The average Bonchev–Trinajstić information content (AvgIpc) is 2.95. The van der Waals surface area contributed by atoms with Gasteiger partial charge in [0.1, 0.15) is 5.75 Å². The summed E-state index contributed by atoms with van der Waals surface area (Å²) in [5.74, 6) is 0.829. The lowest BCUT2D eigenvalue weighted by atomic mass is 10.1. The Hall–Kier alpha value is -2.53. The first-order valence-electron chi connectivity index (χ1n) is 9.18. The molecule has 0 radical (unpaired) electrons. The van der Waals surface area contributed by atoms with Crippen molar-refractivity contribution in [3.8, 4) is 5.75 Å². The van der Waals surface area contributed by atoms with E-state index in [0.29, 0.717) is 6.54 Å². The Morgan fingerprint density at radius 2 is 1.65 bits per heavy atom. The van der Waals surface area contributed by atoms with E-state index >= 15 is 0 Å². The first-order chi connectivity index (χ1) is 12.7. The minimum Gasteiger partial charge on any atom is -0.497 e. The number of likely N-dealkylation sites (tertiary alicyclic amines) is 1. The molecule has 5 heteroatoms. The number of methoxy groups -OCH3 is 1. The summed E-state index contributed by atoms with van der Waals surface area (Å²) in [5, 5.41) is 0. The third kappa shape index (κ3) is 3.03. The molecule has 5 nitrogen and oxygen atoms in total. The number of hydrogen-bond acceptors (Lipinski definition) is 3. The molecule has 136 valence electrons. The van der Waals surface area contributed by atoms with Gasteiger partial charge in [0.05, 0.1) is 24.7 Å². The molecular weight excluding hydrogens is 326 g/mol. The van der Waals surface area contributed by atoms with Gasteiger partial charge < -0.3 is 9.64 Å². The molecule has 0 spiro atoms. The smallest absolute Gasteiger partial charge is 0.329 e. The zero-order chi connectivity index (χ0) is 18.1. The van der Waals surface area contributed by atoms with E-state index in [1.54, 1.807) is 7.11 Å². The van der Waals surface area contributed by atoms with Crippen molar-refractivity contribution >= 4 is 11.0 Å². The normalized spacial score (nSPS) is 16.2. The fraction of sp³-hybridized carbons (Fsp3) is 0.381. The van der Waals surface area contributed by atoms with Crippen LogP contribution in [0.5, 0.6) is 5.75 Å². The third-order valence-electron chi connectivity index (χ3n) is 5.42. The molecule has 0 bridgehead atoms. The second kappa shape index (κ2) is 7.00. The first-order valence-corrected chi connectivity index (χ1v) is 9.18. The number of imidazole rings is 1. The summed E-state index contributed by atoms with van der Waals surface area (Å²) in [5.41, 5.74) is 3.24. The Kier molecular flexibility index (Phi) is 4.55. The number of piperidine rings is 1. The van der Waals surface area contributed by atoms with Gasteiger partial charge in [-0.1, -0.05) is 24.3 Å². The molecular formula is C21H25N3O2. The summed E-state index contributed by atoms with van der Waals surface area (Å²) >= 11 is 0. The van der Waals surface area contributed by atoms with Gasteiger partial charge >= 0.3 is 5.69 Å². The molecule has 1 saturated heterocycles. The second-order valence-electron chi connectivity index (χ2n) is 7.11. The molecule has 0 N–H and O–H groups in total. The predicted molar refractivity (Wildman–Crippen MR) is 104 cm³/mol. The van der Waals surface area contributed by atoms with E-state index in [-0.39, 0.29) is 11.7 Å². The highest BCUT2D eigenvalue weighted by Gasteiger charge is 2.23. The number of benzene rings is 2. The van der Waals surface area contributed by atoms with E-state index in [1.807, 2.05) is 51.6 Å². The van der Waals surface area contributed by atoms with Crippen LogP contribution in [-0.4, -0.2) is 41.3 Å². The third-order valence-corrected chi connectivity index (χ3v) is 5.42. The summed E-state index contributed by atoms with van der Waals surface area (Å²) in [6.45, 7) is 2.65. The molecule has 2 aromatic carbocycles. The van der Waals surface area contributed by atoms with Crippen LogP contribution in [0.4, 0.5) is 0 Å². The highest BCUT2D eigenvalue weighted by molar-refractivity contribution is 5.76. The molecule has 2 heterocycles. The van der Waals surface area contributed by atoms with Crippen molar-refractivity contribution in [3.05, 3.63) is 64.6 Å². The van der Waals surface area contributed by atoms with Gasteiger partial charge in [0.15, 0.2) is 0 Å². The maximum Gasteiger partial charge on any atom is 0.329 e. The molecule has 26 heavy (non-hydrogen) atoms. The van der Waals surface area contributed by atoms with Crippen molar-refractivity contribution in [3.63, 3.8) is 0 Å². The SMILES string of the molecule is COc1ccc(Cn2c(=O)n(C3CCN(C)CC3)c3ccccc32)cc1. The van der Waals surface area contributed by atoms with Crippen LogP contribution in [0.25, 0.3) is 11.0 Å². The van der Waals surface area contributed by atoms with E-state index in [4.69, 9.17) is 4.74 Å². The fourth-order valence-corrected chi connectivity index (χ4v) is 3.90. The number of aromatic nitrogens is 2. The minimum atomic E-state index is 0.0940. The highest BCUT2D eigenvalue weighted by atomic mass is 16.5. The van der Waals surface area contributed by atoms with Crippen molar-refractivity contribution < 1.29 is 4.74 Å². The van der Waals surface area contributed by atoms with Gasteiger partial charge in [-0.15, -0.1) is 0 Å². The number of hydrogen-bond donors (Lipinski definition) is 0. The molecule has 1 aromatic heterocycles. The van der Waals surface area contributed by atoms with Crippen molar-refractivity contribution in [1.29, 1.82) is 0 Å². The molecule has 1 aliphatic rings. The van der Waals surface area contributed by atoms with Crippen molar-refractivity contribution in [2.24, 2.45) is 0 Å². The topological polar surface area (TPSA) is 39.4 Å². The van der Waals surface area contributed by atoms with Crippen LogP contribution in [0, 0.1) is 0 Å². The van der Waals surface area contributed by atoms with Crippen molar-refractivity contribution in [2.45, 2.75) is 25.4 Å². The Morgan fingerprint density at radius 1 is 1.00 bits per heavy atom. The van der Waals surface area contributed by atoms with E-state index in [0.717, 1.165) is 48.3 Å². The van der Waals surface area contributed by atoms with E-state index < -0.39 is 0 Å². The summed E-state index contributed by atoms with van der Waals surface area (Å²) in [6, 6.07) is 16.3. The molecule has 0 aliphatic carbocycles. The number of ether oxygens (including phenoxy) is 1. The van der Waals surface area contributed by atoms with E-state index in [2.05, 4.69) is 18.0 Å². The zero-order valence-electron chi connectivity index (χ0n) is 15.4. The fourth-order valence-electron chi connectivity index (χ4n) is 3.90. The number of para-hydroxylation sites is 2. The standard InChI is InChI=1S/C21H25N3O2/c1-22-13-11-17(12-14-22)24-20-6-4-3-5-19(20)23(21(24)25)15-16-7-9-18(26-2)10-8-16/h3-10,17H,11-15H2,1-2H3. The van der Waals surface area contributed by atoms with Gasteiger partial charge in [0.25, 0.3) is 0 Å². The van der Waals surface area contributed by atoms with E-state index in [9.17, 15) is 4.79 Å². The minimum absolute atomic E-state index is 0.0940. The van der Waals surface area contributed by atoms with Crippen LogP contribution >= 0.6 is 0 Å². The van der Waals surface area contributed by atoms with E-state index in [1.165, 1.54) is 0 Å². The lowest BCUT2D eigenvalue weighted by molar-refractivity contribution is 0.221. The van der Waals surface area contributed by atoms with Gasteiger partial charge in [-0.05, 0) is 62.8 Å². The van der Waals surface area contributed by atoms with Crippen LogP contribution in [0.15, 0.2) is 53.3 Å². The summed E-state index contributed by atoms with van der Waals surface area (Å²) in [4.78, 5) is 15.6. The van der Waals surface area contributed by atoms with Crippen molar-refractivity contribution in [2.75, 3.05) is 27.2 Å². The Labute approximate surface area is 153 Å². The van der Waals surface area contributed by atoms with Crippen LogP contribution < -0.4 is 10.4 Å². The maximum absolute atomic E-state index is 13.3. The van der Waals surface area contributed by atoms with Gasteiger partial charge in [-0.25, -0.2) is 4.79 Å². The van der Waals surface area contributed by atoms with Crippen LogP contribution in [-0.2, 0) is 6.54 Å². The van der Waals surface area contributed by atoms with Gasteiger partial charge in [-0.3, -0.25) is 9.13 Å². The first kappa shape index (κ1) is 16.9. The Morgan fingerprint density at radius 3 is 2.31 bits per heavy atom. The van der Waals surface area contributed by atoms with Crippen LogP contribution in [0.1, 0.15) is 24.4 Å². The summed E-state index contributed by atoms with van der Waals surface area (Å²) in [6.07, 6.45) is 2.04. The van der Waals surface area contributed by atoms with Crippen molar-refractivity contribution in [1.82, 2.24) is 14.0 Å². The number of rotatable bonds is 4. The quantitative estimate of drug-likeness (QED) is 0.725. The lowest BCUT2D eigenvalue weighted by Gasteiger charge is -2.29. The van der Waals surface area contributed by atoms with Crippen LogP contribution in [0.3, 0.4) is 0 Å². The zero-order valence-corrected chi connectivity index (χ0v) is 15.4. The van der Waals surface area contributed by atoms with Gasteiger partial charge in [0.2, 0.25) is 0 Å². The monoisotopic (exact) mass is 351 g/mol. The van der Waals surface area contributed by atoms with Crippen LogP contribution in [0.2, 0.25) is 0 Å². The van der Waals surface area contributed by atoms with Gasteiger partial charge in [0, 0.05) is 6.04 Å². The average molecular weight is 351 g/mol. The van der Waals surface area contributed by atoms with Gasteiger partial charge in [-0.2, -0.15) is 0 Å². The maximum atomic E-state index is 13.3. The second-order valence-corrected chi connectivity index (χ2v) is 7.11. The molecule has 4 rings (SSSR count). The molecule has 0 amide bonds. The summed E-state index contributed by atoms with van der Waals surface area (Å²) < 4.78 is 9.15. The largest absolute Gasteiger partial charge is 0.497 e. The number of nitrogens with zero attached hydrogens (tertiary/aromatic N) is 3. The molecule has 0 atom stereocenters. The molecule has 0 saturated carbocycles. The molecule has 1 aliphatic heterocycles. The molecule has 1 fully saturated rings. The predicted octanol–water partition coefficient (Wildman–Crippen LogP) is 3.13. The molecule has 3 aromatic rings. The Balaban J connectivity index is 1.75. The molecule has 0 unspecified atom stereocenters. The lowest BCUT2D eigenvalue weighted by Crippen LogP contribution is -2.36. The highest BCUT2D eigenvalue weighted by Crippen LogP contribution is 2.25. The summed E-state index contributed by atoms with van der Waals surface area (Å²) in [7, 11) is 3.81. The number of fused-ring (bicyclic) bond motifs is 1.